The number of halogens is 2. The molecule has 0 bridgehead atoms. The summed E-state index contributed by atoms with van der Waals surface area (Å²) in [6.07, 6.45) is 0. The van der Waals surface area contributed by atoms with E-state index in [0.29, 0.717) is 11.6 Å². The fourth-order valence-corrected chi connectivity index (χ4v) is 1.16. The third kappa shape index (κ3) is 1.89. The molecule has 0 saturated heterocycles. The minimum absolute atomic E-state index is 0.224. The van der Waals surface area contributed by atoms with Crippen LogP contribution in [0.25, 0.3) is 0 Å². The van der Waals surface area contributed by atoms with Crippen LogP contribution in [0.2, 0.25) is 0 Å². The van der Waals surface area contributed by atoms with Crippen molar-refractivity contribution in [1.29, 1.82) is 0 Å². The molecule has 0 aromatic heterocycles. The van der Waals surface area contributed by atoms with Crippen LogP contribution in [0, 0.1) is 5.82 Å². The standard InChI is InChI=1S/C9H11ClFN/c1-12(2)9-4-3-7(6-10)5-8(9)11/h3-5H,6H2,1-2H3. The Morgan fingerprint density at radius 3 is 2.50 bits per heavy atom. The summed E-state index contributed by atoms with van der Waals surface area (Å²) in [5.74, 6) is 0.128. The Hall–Kier alpha value is -0.760. The summed E-state index contributed by atoms with van der Waals surface area (Å²) in [4.78, 5) is 1.73. The van der Waals surface area contributed by atoms with E-state index in [1.165, 1.54) is 6.07 Å². The third-order valence-corrected chi connectivity index (χ3v) is 1.96. The molecule has 0 radical (unpaired) electrons. The molecule has 0 saturated carbocycles. The van der Waals surface area contributed by atoms with Crippen LogP contribution >= 0.6 is 11.6 Å². The van der Waals surface area contributed by atoms with Crippen LogP contribution in [0.5, 0.6) is 0 Å². The van der Waals surface area contributed by atoms with Gasteiger partial charge in [0.25, 0.3) is 0 Å². The lowest BCUT2D eigenvalue weighted by atomic mass is 10.2. The molecule has 0 fully saturated rings. The van der Waals surface area contributed by atoms with E-state index in [-0.39, 0.29) is 5.82 Å². The van der Waals surface area contributed by atoms with Crippen LogP contribution in [0.3, 0.4) is 0 Å². The maximum absolute atomic E-state index is 13.2. The van der Waals surface area contributed by atoms with Gasteiger partial charge in [-0.2, -0.15) is 0 Å². The largest absolute Gasteiger partial charge is 0.375 e. The van der Waals surface area contributed by atoms with Gasteiger partial charge in [-0.3, -0.25) is 0 Å². The molecule has 0 N–H and O–H groups in total. The van der Waals surface area contributed by atoms with Crippen molar-refractivity contribution in [1.82, 2.24) is 0 Å². The van der Waals surface area contributed by atoms with Gasteiger partial charge in [-0.25, -0.2) is 4.39 Å². The van der Waals surface area contributed by atoms with Gasteiger partial charge in [-0.05, 0) is 17.7 Å². The van der Waals surface area contributed by atoms with E-state index < -0.39 is 0 Å². The highest BCUT2D eigenvalue weighted by molar-refractivity contribution is 6.17. The summed E-state index contributed by atoms with van der Waals surface area (Å²) >= 11 is 5.55. The fourth-order valence-electron chi connectivity index (χ4n) is 0.996. The number of alkyl halides is 1. The number of rotatable bonds is 2. The lowest BCUT2D eigenvalue weighted by Gasteiger charge is -2.13. The van der Waals surface area contributed by atoms with Crippen LogP contribution in [0.15, 0.2) is 18.2 Å². The van der Waals surface area contributed by atoms with Gasteiger partial charge in [-0.15, -0.1) is 11.6 Å². The molecule has 0 aliphatic heterocycles. The molecule has 12 heavy (non-hydrogen) atoms. The molecular formula is C9H11ClFN. The molecule has 1 rings (SSSR count). The summed E-state index contributed by atoms with van der Waals surface area (Å²) in [7, 11) is 3.61. The van der Waals surface area contributed by atoms with E-state index in [2.05, 4.69) is 0 Å². The average molecular weight is 188 g/mol. The number of hydrogen-bond acceptors (Lipinski definition) is 1. The predicted molar refractivity (Wildman–Crippen MR) is 50.3 cm³/mol. The van der Waals surface area contributed by atoms with E-state index in [0.717, 1.165) is 5.56 Å². The van der Waals surface area contributed by atoms with Gasteiger partial charge in [0.05, 0.1) is 5.69 Å². The minimum atomic E-state index is -0.224. The van der Waals surface area contributed by atoms with E-state index in [9.17, 15) is 4.39 Å². The smallest absolute Gasteiger partial charge is 0.146 e. The zero-order valence-electron chi connectivity index (χ0n) is 7.14. The van der Waals surface area contributed by atoms with Crippen molar-refractivity contribution in [3.8, 4) is 0 Å². The zero-order valence-corrected chi connectivity index (χ0v) is 7.90. The van der Waals surface area contributed by atoms with Gasteiger partial charge in [0.15, 0.2) is 0 Å². The Labute approximate surface area is 76.8 Å². The highest BCUT2D eigenvalue weighted by Gasteiger charge is 2.03. The molecule has 1 nitrogen and oxygen atoms in total. The SMILES string of the molecule is CN(C)c1ccc(CCl)cc1F. The maximum atomic E-state index is 13.2. The first kappa shape index (κ1) is 9.33. The van der Waals surface area contributed by atoms with Gasteiger partial charge in [0.2, 0.25) is 0 Å². The number of anilines is 1. The molecular weight excluding hydrogens is 177 g/mol. The summed E-state index contributed by atoms with van der Waals surface area (Å²) in [5, 5.41) is 0. The molecule has 0 atom stereocenters. The number of nitrogens with zero attached hydrogens (tertiary/aromatic N) is 1. The minimum Gasteiger partial charge on any atom is -0.375 e. The highest BCUT2D eigenvalue weighted by Crippen LogP contribution is 2.18. The summed E-state index contributed by atoms with van der Waals surface area (Å²) in [5.41, 5.74) is 1.39. The molecule has 1 aromatic rings. The normalized spacial score (nSPS) is 10.0. The molecule has 0 aliphatic carbocycles. The topological polar surface area (TPSA) is 3.24 Å². The lowest BCUT2D eigenvalue weighted by molar-refractivity contribution is 0.625. The van der Waals surface area contributed by atoms with Crippen molar-refractivity contribution < 1.29 is 4.39 Å². The van der Waals surface area contributed by atoms with Crippen LogP contribution in [-0.4, -0.2) is 14.1 Å². The lowest BCUT2D eigenvalue weighted by Crippen LogP contribution is -2.10. The first-order valence-corrected chi connectivity index (χ1v) is 4.20. The molecule has 66 valence electrons. The quantitative estimate of drug-likeness (QED) is 0.644. The third-order valence-electron chi connectivity index (χ3n) is 1.65. The summed E-state index contributed by atoms with van der Waals surface area (Å²) in [6.45, 7) is 0. The van der Waals surface area contributed by atoms with Gasteiger partial charge in [0.1, 0.15) is 5.82 Å². The van der Waals surface area contributed by atoms with Crippen molar-refractivity contribution in [2.45, 2.75) is 5.88 Å². The van der Waals surface area contributed by atoms with Gasteiger partial charge in [0, 0.05) is 20.0 Å². The second-order valence-electron chi connectivity index (χ2n) is 2.81. The van der Waals surface area contributed by atoms with Crippen molar-refractivity contribution in [3.05, 3.63) is 29.6 Å². The fraction of sp³-hybridized carbons (Fsp3) is 0.333. The van der Waals surface area contributed by atoms with E-state index in [1.807, 2.05) is 6.07 Å². The maximum Gasteiger partial charge on any atom is 0.146 e. The number of benzene rings is 1. The summed E-state index contributed by atoms with van der Waals surface area (Å²) < 4.78 is 13.2. The second kappa shape index (κ2) is 3.76. The molecule has 0 heterocycles. The zero-order chi connectivity index (χ0) is 9.14. The van der Waals surface area contributed by atoms with Crippen LogP contribution in [0.1, 0.15) is 5.56 Å². The Morgan fingerprint density at radius 2 is 2.08 bits per heavy atom. The first-order valence-electron chi connectivity index (χ1n) is 3.67. The van der Waals surface area contributed by atoms with E-state index in [1.54, 1.807) is 25.1 Å². The second-order valence-corrected chi connectivity index (χ2v) is 3.08. The Morgan fingerprint density at radius 1 is 1.42 bits per heavy atom. The van der Waals surface area contributed by atoms with Gasteiger partial charge < -0.3 is 4.90 Å². The van der Waals surface area contributed by atoms with E-state index in [4.69, 9.17) is 11.6 Å². The first-order chi connectivity index (χ1) is 5.65. The Balaban J connectivity index is 3.03. The molecule has 0 aliphatic rings. The molecule has 1 aromatic carbocycles. The van der Waals surface area contributed by atoms with Crippen LogP contribution in [-0.2, 0) is 5.88 Å². The van der Waals surface area contributed by atoms with Gasteiger partial charge >= 0.3 is 0 Å². The Bertz CT molecular complexity index is 273. The van der Waals surface area contributed by atoms with Crippen molar-refractivity contribution in [2.75, 3.05) is 19.0 Å². The number of hydrogen-bond donors (Lipinski definition) is 0. The van der Waals surface area contributed by atoms with Crippen LogP contribution < -0.4 is 4.90 Å². The molecule has 3 heteroatoms. The van der Waals surface area contributed by atoms with Crippen LogP contribution in [0.4, 0.5) is 10.1 Å². The highest BCUT2D eigenvalue weighted by atomic mass is 35.5. The monoisotopic (exact) mass is 187 g/mol. The van der Waals surface area contributed by atoms with Crippen molar-refractivity contribution >= 4 is 17.3 Å². The average Bonchev–Trinajstić information content (AvgIpc) is 2.03. The molecule has 0 amide bonds. The predicted octanol–water partition coefficient (Wildman–Crippen LogP) is 2.63. The Kier molecular flexibility index (Phi) is 2.93. The molecule has 0 unspecified atom stereocenters. The van der Waals surface area contributed by atoms with Gasteiger partial charge in [-0.1, -0.05) is 6.07 Å². The molecule has 0 spiro atoms. The van der Waals surface area contributed by atoms with E-state index >= 15 is 0 Å². The summed E-state index contributed by atoms with van der Waals surface area (Å²) in [6, 6.07) is 5.01. The van der Waals surface area contributed by atoms with Crippen molar-refractivity contribution in [2.24, 2.45) is 0 Å². The van der Waals surface area contributed by atoms with Crippen molar-refractivity contribution in [3.63, 3.8) is 0 Å².